The number of alkyl halides is 2. The van der Waals surface area contributed by atoms with Crippen LogP contribution in [0.4, 0.5) is 18.9 Å². The number of ether oxygens (including phenoxy) is 2. The summed E-state index contributed by atoms with van der Waals surface area (Å²) in [6.45, 7) is -1.03. The lowest BCUT2D eigenvalue weighted by Gasteiger charge is -2.31. The average Bonchev–Trinajstić information content (AvgIpc) is 2.99. The van der Waals surface area contributed by atoms with Crippen LogP contribution in [0, 0.1) is 5.82 Å². The zero-order chi connectivity index (χ0) is 22.2. The molecule has 31 heavy (non-hydrogen) atoms. The first-order valence-electron chi connectivity index (χ1n) is 9.64. The maximum absolute atomic E-state index is 14.7. The van der Waals surface area contributed by atoms with E-state index in [1.807, 2.05) is 4.90 Å². The fourth-order valence-corrected chi connectivity index (χ4v) is 3.85. The van der Waals surface area contributed by atoms with Crippen molar-refractivity contribution in [3.8, 4) is 5.75 Å². The molecular weight excluding hydrogens is 413 g/mol. The third kappa shape index (κ3) is 3.67. The van der Waals surface area contributed by atoms with Gasteiger partial charge in [-0.3, -0.25) is 9.69 Å². The molecule has 1 atom stereocenters. The Balaban J connectivity index is 1.83. The third-order valence-corrected chi connectivity index (χ3v) is 5.45. The van der Waals surface area contributed by atoms with Gasteiger partial charge in [0.05, 0.1) is 18.9 Å². The molecular formula is C21H21F3N4O3. The van der Waals surface area contributed by atoms with E-state index in [9.17, 15) is 18.0 Å². The lowest BCUT2D eigenvalue weighted by molar-refractivity contribution is -0.129. The minimum absolute atomic E-state index is 0.00449. The maximum atomic E-state index is 14.7. The van der Waals surface area contributed by atoms with Crippen LogP contribution in [0.3, 0.4) is 0 Å². The molecule has 2 aromatic carbocycles. The molecule has 2 aliphatic heterocycles. The number of benzene rings is 2. The molecule has 0 bridgehead atoms. The molecule has 10 heteroatoms. The van der Waals surface area contributed by atoms with Crippen molar-refractivity contribution in [2.75, 3.05) is 38.3 Å². The molecule has 1 amide bonds. The zero-order valence-electron chi connectivity index (χ0n) is 16.7. The van der Waals surface area contributed by atoms with Crippen LogP contribution < -0.4 is 15.4 Å². The number of amides is 1. The number of rotatable bonds is 5. The molecule has 0 saturated carbocycles. The van der Waals surface area contributed by atoms with Gasteiger partial charge in [-0.05, 0) is 35.4 Å². The summed E-state index contributed by atoms with van der Waals surface area (Å²) in [5.74, 6) is -0.933. The lowest BCUT2D eigenvalue weighted by Crippen LogP contribution is -2.41. The van der Waals surface area contributed by atoms with E-state index < -0.39 is 23.9 Å². The van der Waals surface area contributed by atoms with E-state index in [-0.39, 0.29) is 11.7 Å². The van der Waals surface area contributed by atoms with Crippen LogP contribution in [0.2, 0.25) is 0 Å². The topological polar surface area (TPSA) is 80.4 Å². The van der Waals surface area contributed by atoms with Crippen molar-refractivity contribution in [1.29, 1.82) is 0 Å². The standard InChI is InChI=1S/C21H21F3N4O3/c1-27-18(29)21(26-20(27)25,13-2-5-15(6-3-13)31-19(23)24)14-4-7-16(22)17(12-14)28-8-10-30-11-9-28/h2-7,12,19H,8-11H2,1H3,(H2,25,26). The number of hydrogen-bond acceptors (Lipinski definition) is 6. The highest BCUT2D eigenvalue weighted by Gasteiger charge is 2.49. The Morgan fingerprint density at radius 2 is 1.77 bits per heavy atom. The number of hydrogen-bond donors (Lipinski definition) is 1. The Bertz CT molecular complexity index is 1010. The van der Waals surface area contributed by atoms with Gasteiger partial charge < -0.3 is 20.1 Å². The number of nitrogens with zero attached hydrogens (tertiary/aromatic N) is 3. The molecule has 1 unspecified atom stereocenters. The molecule has 2 N–H and O–H groups in total. The van der Waals surface area contributed by atoms with Crippen LogP contribution in [-0.4, -0.2) is 56.7 Å². The van der Waals surface area contributed by atoms with Crippen molar-refractivity contribution in [1.82, 2.24) is 4.90 Å². The molecule has 4 rings (SSSR count). The highest BCUT2D eigenvalue weighted by atomic mass is 19.3. The third-order valence-electron chi connectivity index (χ3n) is 5.45. The minimum Gasteiger partial charge on any atom is -0.435 e. The van der Waals surface area contributed by atoms with Gasteiger partial charge in [0, 0.05) is 20.1 Å². The Labute approximate surface area is 176 Å². The molecule has 0 aromatic heterocycles. The summed E-state index contributed by atoms with van der Waals surface area (Å²) in [6.07, 6.45) is 0. The molecule has 0 radical (unpaired) electrons. The van der Waals surface area contributed by atoms with E-state index in [2.05, 4.69) is 9.73 Å². The van der Waals surface area contributed by atoms with Gasteiger partial charge >= 0.3 is 6.61 Å². The second-order valence-corrected chi connectivity index (χ2v) is 7.21. The van der Waals surface area contributed by atoms with Crippen LogP contribution in [-0.2, 0) is 15.1 Å². The minimum atomic E-state index is -2.97. The number of morpholine rings is 1. The first-order valence-corrected chi connectivity index (χ1v) is 9.64. The molecule has 0 aliphatic carbocycles. The summed E-state index contributed by atoms with van der Waals surface area (Å²) in [4.78, 5) is 20.8. The van der Waals surface area contributed by atoms with Crippen LogP contribution in [0.5, 0.6) is 5.75 Å². The number of anilines is 1. The number of carbonyl (C=O) groups is 1. The summed E-state index contributed by atoms with van der Waals surface area (Å²) in [5.41, 5.74) is 5.52. The van der Waals surface area contributed by atoms with Gasteiger partial charge in [0.25, 0.3) is 5.91 Å². The largest absolute Gasteiger partial charge is 0.435 e. The highest BCUT2D eigenvalue weighted by molar-refractivity contribution is 6.09. The number of guanidine groups is 1. The number of nitrogens with two attached hydrogens (primary N) is 1. The number of halogens is 3. The summed E-state index contributed by atoms with van der Waals surface area (Å²) >= 11 is 0. The van der Waals surface area contributed by atoms with Crippen molar-refractivity contribution < 1.29 is 27.4 Å². The second kappa shape index (κ2) is 8.10. The van der Waals surface area contributed by atoms with Crippen LogP contribution in [0.1, 0.15) is 11.1 Å². The van der Waals surface area contributed by atoms with E-state index in [0.29, 0.717) is 43.1 Å². The Morgan fingerprint density at radius 3 is 2.35 bits per heavy atom. The first kappa shape index (κ1) is 21.0. The summed E-state index contributed by atoms with van der Waals surface area (Å²) in [5, 5.41) is 0. The van der Waals surface area contributed by atoms with Crippen molar-refractivity contribution in [2.45, 2.75) is 12.2 Å². The first-order chi connectivity index (χ1) is 14.8. The van der Waals surface area contributed by atoms with Crippen molar-refractivity contribution >= 4 is 17.6 Å². The molecule has 2 aliphatic rings. The predicted molar refractivity (Wildman–Crippen MR) is 108 cm³/mol. The molecule has 164 valence electrons. The summed E-state index contributed by atoms with van der Waals surface area (Å²) in [7, 11) is 1.49. The Kier molecular flexibility index (Phi) is 5.48. The van der Waals surface area contributed by atoms with Gasteiger partial charge in [-0.25, -0.2) is 9.38 Å². The van der Waals surface area contributed by atoms with E-state index in [0.717, 1.165) is 0 Å². The van der Waals surface area contributed by atoms with E-state index in [1.54, 1.807) is 6.07 Å². The summed E-state index contributed by atoms with van der Waals surface area (Å²) < 4.78 is 49.4. The van der Waals surface area contributed by atoms with Crippen molar-refractivity contribution in [2.24, 2.45) is 10.7 Å². The summed E-state index contributed by atoms with van der Waals surface area (Å²) in [6, 6.07) is 9.95. The van der Waals surface area contributed by atoms with E-state index in [4.69, 9.17) is 10.5 Å². The number of aliphatic imine (C=N–C) groups is 1. The number of carbonyl (C=O) groups excluding carboxylic acids is 1. The molecule has 2 heterocycles. The van der Waals surface area contributed by atoms with E-state index in [1.165, 1.54) is 48.3 Å². The molecule has 2 aromatic rings. The Morgan fingerprint density at radius 1 is 1.13 bits per heavy atom. The van der Waals surface area contributed by atoms with Gasteiger partial charge in [0.15, 0.2) is 11.5 Å². The average molecular weight is 434 g/mol. The van der Waals surface area contributed by atoms with E-state index >= 15 is 0 Å². The van der Waals surface area contributed by atoms with Gasteiger partial charge in [-0.2, -0.15) is 8.78 Å². The molecule has 1 fully saturated rings. The van der Waals surface area contributed by atoms with Crippen LogP contribution in [0.15, 0.2) is 47.5 Å². The predicted octanol–water partition coefficient (Wildman–Crippen LogP) is 2.29. The Hall–Kier alpha value is -3.27. The quantitative estimate of drug-likeness (QED) is 0.781. The zero-order valence-corrected chi connectivity index (χ0v) is 16.7. The molecule has 0 spiro atoms. The maximum Gasteiger partial charge on any atom is 0.387 e. The normalized spacial score (nSPS) is 21.6. The highest BCUT2D eigenvalue weighted by Crippen LogP contribution is 2.41. The van der Waals surface area contributed by atoms with Crippen LogP contribution >= 0.6 is 0 Å². The smallest absolute Gasteiger partial charge is 0.387 e. The SMILES string of the molecule is CN1C(=O)C(c2ccc(OC(F)F)cc2)(c2ccc(F)c(N3CCOCC3)c2)N=C1N. The fourth-order valence-electron chi connectivity index (χ4n) is 3.85. The van der Waals surface area contributed by atoms with Gasteiger partial charge in [0.2, 0.25) is 0 Å². The van der Waals surface area contributed by atoms with Crippen molar-refractivity contribution in [3.63, 3.8) is 0 Å². The lowest BCUT2D eigenvalue weighted by atomic mass is 9.82. The molecule has 1 saturated heterocycles. The van der Waals surface area contributed by atoms with Gasteiger partial charge in [-0.1, -0.05) is 18.2 Å². The van der Waals surface area contributed by atoms with Gasteiger partial charge in [-0.15, -0.1) is 0 Å². The molecule has 7 nitrogen and oxygen atoms in total. The van der Waals surface area contributed by atoms with Gasteiger partial charge in [0.1, 0.15) is 11.6 Å². The monoisotopic (exact) mass is 434 g/mol. The number of likely N-dealkylation sites (N-methyl/N-ethyl adjacent to an activating group) is 1. The van der Waals surface area contributed by atoms with Crippen LogP contribution in [0.25, 0.3) is 0 Å². The second-order valence-electron chi connectivity index (χ2n) is 7.21. The fraction of sp³-hybridized carbons (Fsp3) is 0.333. The van der Waals surface area contributed by atoms with Crippen molar-refractivity contribution in [3.05, 3.63) is 59.4 Å².